The summed E-state index contributed by atoms with van der Waals surface area (Å²) in [5.74, 6) is 0.139. The number of carbonyl (C=O) groups is 1. The molecular weight excluding hydrogens is 276 g/mol. The van der Waals surface area contributed by atoms with Gasteiger partial charge in [-0.25, -0.2) is 14.8 Å². The SMILES string of the molecule is O=C(O)c1ccnc(SCc2nc3ccccc3o2)c1. The van der Waals surface area contributed by atoms with E-state index < -0.39 is 5.97 Å². The van der Waals surface area contributed by atoms with Crippen LogP contribution in [0.1, 0.15) is 16.2 Å². The molecule has 3 rings (SSSR count). The van der Waals surface area contributed by atoms with Crippen LogP contribution in [0, 0.1) is 0 Å². The summed E-state index contributed by atoms with van der Waals surface area (Å²) in [7, 11) is 0. The lowest BCUT2D eigenvalue weighted by Crippen LogP contribution is -1.96. The molecule has 0 aliphatic rings. The number of pyridine rings is 1. The fraction of sp³-hybridized carbons (Fsp3) is 0.0714. The zero-order chi connectivity index (χ0) is 13.9. The van der Waals surface area contributed by atoms with Crippen LogP contribution in [0.3, 0.4) is 0 Å². The first-order chi connectivity index (χ1) is 9.72. The maximum Gasteiger partial charge on any atom is 0.335 e. The van der Waals surface area contributed by atoms with Crippen molar-refractivity contribution < 1.29 is 14.3 Å². The number of para-hydroxylation sites is 2. The zero-order valence-corrected chi connectivity index (χ0v) is 11.1. The molecule has 3 aromatic rings. The number of thioether (sulfide) groups is 1. The van der Waals surface area contributed by atoms with Crippen molar-refractivity contribution in [3.8, 4) is 0 Å². The Balaban J connectivity index is 1.75. The van der Waals surface area contributed by atoms with Crippen molar-refractivity contribution in [1.82, 2.24) is 9.97 Å². The Hall–Kier alpha value is -2.34. The van der Waals surface area contributed by atoms with Gasteiger partial charge in [-0.05, 0) is 24.3 Å². The van der Waals surface area contributed by atoms with E-state index in [1.807, 2.05) is 24.3 Å². The Morgan fingerprint density at radius 2 is 2.15 bits per heavy atom. The molecule has 0 spiro atoms. The topological polar surface area (TPSA) is 76.2 Å². The Labute approximate surface area is 118 Å². The molecule has 5 nitrogen and oxygen atoms in total. The summed E-state index contributed by atoms with van der Waals surface area (Å²) < 4.78 is 5.59. The molecule has 0 bridgehead atoms. The van der Waals surface area contributed by atoms with E-state index in [1.54, 1.807) is 0 Å². The first-order valence-corrected chi connectivity index (χ1v) is 6.87. The third-order valence-corrected chi connectivity index (χ3v) is 3.57. The number of hydrogen-bond donors (Lipinski definition) is 1. The van der Waals surface area contributed by atoms with E-state index in [9.17, 15) is 4.79 Å². The van der Waals surface area contributed by atoms with E-state index in [-0.39, 0.29) is 5.56 Å². The number of aromatic carboxylic acids is 1. The molecule has 2 heterocycles. The van der Waals surface area contributed by atoms with Gasteiger partial charge in [0.05, 0.1) is 16.3 Å². The van der Waals surface area contributed by atoms with Crippen molar-refractivity contribution >= 4 is 28.8 Å². The number of oxazole rings is 1. The third-order valence-electron chi connectivity index (χ3n) is 2.66. The van der Waals surface area contributed by atoms with Gasteiger partial charge in [-0.15, -0.1) is 0 Å². The summed E-state index contributed by atoms with van der Waals surface area (Å²) in [6, 6.07) is 10.5. The third kappa shape index (κ3) is 2.65. The number of rotatable bonds is 4. The highest BCUT2D eigenvalue weighted by Gasteiger charge is 2.08. The monoisotopic (exact) mass is 286 g/mol. The number of carboxylic acids is 1. The van der Waals surface area contributed by atoms with Crippen molar-refractivity contribution in [3.05, 3.63) is 54.0 Å². The minimum Gasteiger partial charge on any atom is -0.478 e. The van der Waals surface area contributed by atoms with Crippen LogP contribution >= 0.6 is 11.8 Å². The average Bonchev–Trinajstić information content (AvgIpc) is 2.88. The summed E-state index contributed by atoms with van der Waals surface area (Å²) in [6.07, 6.45) is 1.48. The summed E-state index contributed by atoms with van der Waals surface area (Å²) in [6.45, 7) is 0. The van der Waals surface area contributed by atoms with E-state index in [4.69, 9.17) is 9.52 Å². The molecular formula is C14H10N2O3S. The number of nitrogens with zero attached hydrogens (tertiary/aromatic N) is 2. The molecule has 0 saturated carbocycles. The Kier molecular flexibility index (Phi) is 3.39. The fourth-order valence-corrected chi connectivity index (χ4v) is 2.48. The number of hydrogen-bond acceptors (Lipinski definition) is 5. The zero-order valence-electron chi connectivity index (χ0n) is 10.3. The summed E-state index contributed by atoms with van der Waals surface area (Å²) in [4.78, 5) is 19.4. The molecule has 100 valence electrons. The molecule has 0 amide bonds. The number of carboxylic acid groups (broad SMARTS) is 1. The second-order valence-corrected chi connectivity index (χ2v) is 5.05. The Bertz CT molecular complexity index is 737. The molecule has 1 aromatic carbocycles. The van der Waals surface area contributed by atoms with Crippen LogP contribution < -0.4 is 0 Å². The van der Waals surface area contributed by atoms with E-state index in [1.165, 1.54) is 30.1 Å². The van der Waals surface area contributed by atoms with Crippen LogP contribution in [-0.2, 0) is 5.75 Å². The first-order valence-electron chi connectivity index (χ1n) is 5.89. The minimum absolute atomic E-state index is 0.222. The van der Waals surface area contributed by atoms with Gasteiger partial charge in [0, 0.05) is 6.20 Å². The van der Waals surface area contributed by atoms with Gasteiger partial charge < -0.3 is 9.52 Å². The lowest BCUT2D eigenvalue weighted by molar-refractivity contribution is 0.0696. The number of aromatic nitrogens is 2. The van der Waals surface area contributed by atoms with Crippen LogP contribution in [0.5, 0.6) is 0 Å². The predicted octanol–water partition coefficient (Wildman–Crippen LogP) is 3.21. The van der Waals surface area contributed by atoms with Gasteiger partial charge in [0.1, 0.15) is 5.52 Å². The minimum atomic E-state index is -0.962. The molecule has 1 N–H and O–H groups in total. The van der Waals surface area contributed by atoms with Crippen LogP contribution in [0.2, 0.25) is 0 Å². The normalized spacial score (nSPS) is 10.8. The highest BCUT2D eigenvalue weighted by molar-refractivity contribution is 7.98. The van der Waals surface area contributed by atoms with Gasteiger partial charge in [0.2, 0.25) is 5.89 Å². The van der Waals surface area contributed by atoms with Crippen molar-refractivity contribution in [3.63, 3.8) is 0 Å². The standard InChI is InChI=1S/C14H10N2O3S/c17-14(18)9-5-6-15-13(7-9)20-8-12-16-10-3-1-2-4-11(10)19-12/h1-7H,8H2,(H,17,18). The van der Waals surface area contributed by atoms with Crippen molar-refractivity contribution in [1.29, 1.82) is 0 Å². The van der Waals surface area contributed by atoms with Gasteiger partial charge in [-0.1, -0.05) is 23.9 Å². The Morgan fingerprint density at radius 1 is 1.30 bits per heavy atom. The summed E-state index contributed by atoms with van der Waals surface area (Å²) in [5.41, 5.74) is 1.78. The molecule has 0 aliphatic carbocycles. The van der Waals surface area contributed by atoms with E-state index in [0.717, 1.165) is 11.1 Å². The molecule has 20 heavy (non-hydrogen) atoms. The number of fused-ring (bicyclic) bond motifs is 1. The van der Waals surface area contributed by atoms with Gasteiger partial charge >= 0.3 is 5.97 Å². The molecule has 0 aliphatic heterocycles. The van der Waals surface area contributed by atoms with Crippen molar-refractivity contribution in [2.75, 3.05) is 0 Å². The summed E-state index contributed by atoms with van der Waals surface area (Å²) >= 11 is 1.39. The molecule has 0 radical (unpaired) electrons. The lowest BCUT2D eigenvalue weighted by atomic mass is 10.3. The maximum atomic E-state index is 10.9. The van der Waals surface area contributed by atoms with Gasteiger partial charge in [-0.3, -0.25) is 0 Å². The molecule has 2 aromatic heterocycles. The highest BCUT2D eigenvalue weighted by Crippen LogP contribution is 2.23. The Morgan fingerprint density at radius 3 is 2.95 bits per heavy atom. The van der Waals surface area contributed by atoms with E-state index in [2.05, 4.69) is 9.97 Å². The molecule has 0 atom stereocenters. The quantitative estimate of drug-likeness (QED) is 0.742. The summed E-state index contributed by atoms with van der Waals surface area (Å²) in [5, 5.41) is 9.55. The highest BCUT2D eigenvalue weighted by atomic mass is 32.2. The van der Waals surface area contributed by atoms with E-state index in [0.29, 0.717) is 16.7 Å². The van der Waals surface area contributed by atoms with Crippen LogP contribution in [0.25, 0.3) is 11.1 Å². The molecule has 6 heteroatoms. The van der Waals surface area contributed by atoms with Gasteiger partial charge in [0.15, 0.2) is 5.58 Å². The largest absolute Gasteiger partial charge is 0.478 e. The van der Waals surface area contributed by atoms with Crippen molar-refractivity contribution in [2.24, 2.45) is 0 Å². The smallest absolute Gasteiger partial charge is 0.335 e. The number of benzene rings is 1. The molecule has 0 fully saturated rings. The van der Waals surface area contributed by atoms with Gasteiger partial charge in [-0.2, -0.15) is 0 Å². The van der Waals surface area contributed by atoms with E-state index >= 15 is 0 Å². The maximum absolute atomic E-state index is 10.9. The second-order valence-electron chi connectivity index (χ2n) is 4.05. The first kappa shape index (κ1) is 12.7. The van der Waals surface area contributed by atoms with Gasteiger partial charge in [0.25, 0.3) is 0 Å². The van der Waals surface area contributed by atoms with Crippen LogP contribution in [-0.4, -0.2) is 21.0 Å². The molecule has 0 unspecified atom stereocenters. The van der Waals surface area contributed by atoms with Crippen molar-refractivity contribution in [2.45, 2.75) is 10.8 Å². The fourth-order valence-electron chi connectivity index (χ4n) is 1.74. The second kappa shape index (κ2) is 5.34. The lowest BCUT2D eigenvalue weighted by Gasteiger charge is -1.99. The van der Waals surface area contributed by atoms with Crippen LogP contribution in [0.4, 0.5) is 0 Å². The predicted molar refractivity (Wildman–Crippen MR) is 74.8 cm³/mol. The molecule has 0 saturated heterocycles. The average molecular weight is 286 g/mol. The van der Waals surface area contributed by atoms with Crippen LogP contribution in [0.15, 0.2) is 52.0 Å².